The first-order valence-electron chi connectivity index (χ1n) is 7.94. The lowest BCUT2D eigenvalue weighted by Gasteiger charge is -2.25. The normalized spacial score (nSPS) is 17.0. The molecule has 3 rings (SSSR count). The number of hydrogen-bond donors (Lipinski definition) is 2. The van der Waals surface area contributed by atoms with E-state index in [9.17, 15) is 4.39 Å². The topological polar surface area (TPSA) is 45.4 Å². The molecule has 1 atom stereocenters. The third-order valence-electron chi connectivity index (χ3n) is 4.48. The fraction of sp³-hybridized carbons (Fsp3) is 0.444. The van der Waals surface area contributed by atoms with Crippen molar-refractivity contribution in [2.45, 2.75) is 44.9 Å². The second-order valence-electron chi connectivity index (χ2n) is 5.95. The van der Waals surface area contributed by atoms with Gasteiger partial charge in [0.05, 0.1) is 6.54 Å². The van der Waals surface area contributed by atoms with Crippen LogP contribution in [0, 0.1) is 11.7 Å². The number of nitrogens with one attached hydrogen (secondary N) is 1. The molecule has 0 aliphatic heterocycles. The Labute approximate surface area is 130 Å². The molecule has 22 heavy (non-hydrogen) atoms. The van der Waals surface area contributed by atoms with Crippen molar-refractivity contribution in [1.29, 1.82) is 0 Å². The number of hydrogen-bond acceptors (Lipinski definition) is 3. The van der Waals surface area contributed by atoms with Crippen LogP contribution < -0.4 is 5.32 Å². The minimum atomic E-state index is -0.151. The number of halogens is 1. The zero-order valence-electron chi connectivity index (χ0n) is 12.6. The van der Waals surface area contributed by atoms with E-state index in [-0.39, 0.29) is 18.5 Å². The van der Waals surface area contributed by atoms with Gasteiger partial charge in [0.15, 0.2) is 0 Å². The summed E-state index contributed by atoms with van der Waals surface area (Å²) in [6, 6.07) is 10.6. The highest BCUT2D eigenvalue weighted by Gasteiger charge is 2.28. The smallest absolute Gasteiger partial charge is 0.129 e. The third kappa shape index (κ3) is 3.39. The monoisotopic (exact) mass is 303 g/mol. The Balaban J connectivity index is 1.75. The number of aliphatic hydroxyl groups excluding tert-OH is 1. The van der Waals surface area contributed by atoms with Crippen molar-refractivity contribution in [3.05, 3.63) is 59.3 Å². The van der Waals surface area contributed by atoms with Gasteiger partial charge in [-0.25, -0.2) is 4.39 Å². The number of rotatable bonds is 6. The van der Waals surface area contributed by atoms with Gasteiger partial charge in [-0.1, -0.05) is 31.0 Å². The lowest BCUT2D eigenvalue weighted by Crippen LogP contribution is -2.27. The van der Waals surface area contributed by atoms with E-state index in [1.807, 2.05) is 18.2 Å². The van der Waals surface area contributed by atoms with Crippen LogP contribution in [-0.2, 0) is 13.2 Å². The summed E-state index contributed by atoms with van der Waals surface area (Å²) in [5.41, 5.74) is 0.739. The summed E-state index contributed by atoms with van der Waals surface area (Å²) in [4.78, 5) is 0. The highest BCUT2D eigenvalue weighted by molar-refractivity contribution is 5.22. The Hall–Kier alpha value is -1.65. The Morgan fingerprint density at radius 3 is 2.55 bits per heavy atom. The van der Waals surface area contributed by atoms with Crippen LogP contribution in [-0.4, -0.2) is 5.11 Å². The first-order chi connectivity index (χ1) is 10.8. The summed E-state index contributed by atoms with van der Waals surface area (Å²) >= 11 is 0. The van der Waals surface area contributed by atoms with Gasteiger partial charge >= 0.3 is 0 Å². The fourth-order valence-corrected chi connectivity index (χ4v) is 3.36. The van der Waals surface area contributed by atoms with E-state index in [2.05, 4.69) is 5.32 Å². The van der Waals surface area contributed by atoms with Crippen LogP contribution in [0.1, 0.15) is 48.8 Å². The molecule has 3 nitrogen and oxygen atoms in total. The highest BCUT2D eigenvalue weighted by atomic mass is 19.1. The van der Waals surface area contributed by atoms with Crippen LogP contribution in [0.2, 0.25) is 0 Å². The Morgan fingerprint density at radius 1 is 1.14 bits per heavy atom. The van der Waals surface area contributed by atoms with E-state index in [0.29, 0.717) is 18.2 Å². The maximum absolute atomic E-state index is 14.2. The molecule has 2 aromatic rings. The van der Waals surface area contributed by atoms with E-state index in [1.54, 1.807) is 12.1 Å². The largest absolute Gasteiger partial charge is 0.462 e. The zero-order valence-corrected chi connectivity index (χ0v) is 12.6. The molecule has 0 saturated heterocycles. The molecule has 0 amide bonds. The van der Waals surface area contributed by atoms with Crippen LogP contribution in [0.5, 0.6) is 0 Å². The molecule has 0 spiro atoms. The average molecular weight is 303 g/mol. The molecule has 118 valence electrons. The van der Waals surface area contributed by atoms with Crippen molar-refractivity contribution in [1.82, 2.24) is 5.32 Å². The van der Waals surface area contributed by atoms with E-state index in [4.69, 9.17) is 9.52 Å². The summed E-state index contributed by atoms with van der Waals surface area (Å²) in [7, 11) is 0. The molecular formula is C18H22FNO2. The Morgan fingerprint density at radius 2 is 1.86 bits per heavy atom. The van der Waals surface area contributed by atoms with E-state index in [1.165, 1.54) is 18.9 Å². The van der Waals surface area contributed by atoms with Gasteiger partial charge in [-0.3, -0.25) is 0 Å². The second-order valence-corrected chi connectivity index (χ2v) is 5.95. The molecule has 0 radical (unpaired) electrons. The van der Waals surface area contributed by atoms with Gasteiger partial charge in [-0.05, 0) is 37.0 Å². The molecule has 1 unspecified atom stereocenters. The number of aliphatic hydroxyl groups is 1. The first-order valence-corrected chi connectivity index (χ1v) is 7.94. The SMILES string of the molecule is OCc1ccc(CNC(c2ccccc2F)C2CCCC2)o1. The fourth-order valence-electron chi connectivity index (χ4n) is 3.36. The minimum absolute atomic E-state index is 0.00590. The second kappa shape index (κ2) is 7.07. The van der Waals surface area contributed by atoms with Crippen molar-refractivity contribution in [3.8, 4) is 0 Å². The van der Waals surface area contributed by atoms with E-state index < -0.39 is 0 Å². The van der Waals surface area contributed by atoms with Crippen molar-refractivity contribution in [3.63, 3.8) is 0 Å². The lowest BCUT2D eigenvalue weighted by atomic mass is 9.91. The summed E-state index contributed by atoms with van der Waals surface area (Å²) < 4.78 is 19.7. The van der Waals surface area contributed by atoms with Gasteiger partial charge in [-0.2, -0.15) is 0 Å². The van der Waals surface area contributed by atoms with Crippen LogP contribution in [0.3, 0.4) is 0 Å². The Bertz CT molecular complexity index is 605. The molecule has 4 heteroatoms. The summed E-state index contributed by atoms with van der Waals surface area (Å²) in [5.74, 6) is 1.63. The number of furan rings is 1. The van der Waals surface area contributed by atoms with Crippen LogP contribution in [0.15, 0.2) is 40.8 Å². The van der Waals surface area contributed by atoms with Crippen molar-refractivity contribution >= 4 is 0 Å². The molecule has 1 heterocycles. The molecule has 0 bridgehead atoms. The maximum Gasteiger partial charge on any atom is 0.129 e. The van der Waals surface area contributed by atoms with Gasteiger partial charge < -0.3 is 14.8 Å². The van der Waals surface area contributed by atoms with Crippen molar-refractivity contribution in [2.24, 2.45) is 5.92 Å². The summed E-state index contributed by atoms with van der Waals surface area (Å²) in [5, 5.41) is 12.5. The first kappa shape index (κ1) is 15.3. The molecule has 1 aliphatic carbocycles. The average Bonchev–Trinajstić information content (AvgIpc) is 3.20. The van der Waals surface area contributed by atoms with Crippen LogP contribution >= 0.6 is 0 Å². The molecule has 1 aliphatic rings. The molecule has 1 fully saturated rings. The molecule has 1 aromatic carbocycles. The summed E-state index contributed by atoms with van der Waals surface area (Å²) in [6.07, 6.45) is 4.69. The summed E-state index contributed by atoms with van der Waals surface area (Å²) in [6.45, 7) is 0.439. The molecular weight excluding hydrogens is 281 g/mol. The zero-order chi connectivity index (χ0) is 15.4. The van der Waals surface area contributed by atoms with Gasteiger partial charge in [-0.15, -0.1) is 0 Å². The predicted molar refractivity (Wildman–Crippen MR) is 82.6 cm³/mol. The van der Waals surface area contributed by atoms with Crippen LogP contribution in [0.25, 0.3) is 0 Å². The quantitative estimate of drug-likeness (QED) is 0.850. The molecule has 1 aromatic heterocycles. The molecule has 2 N–H and O–H groups in total. The van der Waals surface area contributed by atoms with Gasteiger partial charge in [0.25, 0.3) is 0 Å². The van der Waals surface area contributed by atoms with Crippen molar-refractivity contribution in [2.75, 3.05) is 0 Å². The van der Waals surface area contributed by atoms with Gasteiger partial charge in [0, 0.05) is 11.6 Å². The van der Waals surface area contributed by atoms with Gasteiger partial charge in [0.1, 0.15) is 23.9 Å². The maximum atomic E-state index is 14.2. The van der Waals surface area contributed by atoms with E-state index >= 15 is 0 Å². The third-order valence-corrected chi connectivity index (χ3v) is 4.48. The predicted octanol–water partition coefficient (Wildman–Crippen LogP) is 3.93. The highest BCUT2D eigenvalue weighted by Crippen LogP contribution is 2.36. The minimum Gasteiger partial charge on any atom is -0.462 e. The standard InChI is InChI=1S/C18H22FNO2/c19-17-8-4-3-7-16(17)18(13-5-1-2-6-13)20-11-14-9-10-15(12-21)22-14/h3-4,7-10,13,18,20-21H,1-2,5-6,11-12H2. The van der Waals surface area contributed by atoms with Crippen molar-refractivity contribution < 1.29 is 13.9 Å². The lowest BCUT2D eigenvalue weighted by molar-refractivity contribution is 0.241. The van der Waals surface area contributed by atoms with Gasteiger partial charge in [0.2, 0.25) is 0 Å². The number of benzene rings is 1. The van der Waals surface area contributed by atoms with Crippen LogP contribution in [0.4, 0.5) is 4.39 Å². The Kier molecular flexibility index (Phi) is 4.90. The molecule has 1 saturated carbocycles. The van der Waals surface area contributed by atoms with E-state index in [0.717, 1.165) is 24.2 Å².